The van der Waals surface area contributed by atoms with E-state index < -0.39 is 14.7 Å². The van der Waals surface area contributed by atoms with E-state index in [1.807, 2.05) is 4.57 Å². The molecular weight excluding hydrogens is 456 g/mol. The number of imidazole rings is 1. The quantitative estimate of drug-likeness (QED) is 0.350. The minimum absolute atomic E-state index is 0.0144. The number of esters is 1. The topological polar surface area (TPSA) is 88.4 Å². The molecule has 0 radical (unpaired) electrons. The Morgan fingerprint density at radius 3 is 2.52 bits per heavy atom. The first-order chi connectivity index (χ1) is 14.4. The summed E-state index contributed by atoms with van der Waals surface area (Å²) in [6.45, 7) is 15.0. The summed E-state index contributed by atoms with van der Waals surface area (Å²) >= 11 is 8.03. The summed E-state index contributed by atoms with van der Waals surface area (Å²) in [5.74, 6) is -0.350. The Bertz CT molecular complexity index is 991. The molecular formula is C20H29ClN4O4SSi. The van der Waals surface area contributed by atoms with Crippen LogP contribution in [0.25, 0.3) is 11.2 Å². The molecule has 0 unspecified atom stereocenters. The number of nitrogens with zero attached hydrogens (tertiary/aromatic N) is 4. The van der Waals surface area contributed by atoms with Gasteiger partial charge < -0.3 is 18.2 Å². The summed E-state index contributed by atoms with van der Waals surface area (Å²) < 4.78 is 21.3. The second-order valence-corrected chi connectivity index (χ2v) is 16.6. The molecule has 2 fully saturated rings. The predicted molar refractivity (Wildman–Crippen MR) is 122 cm³/mol. The molecule has 0 aromatic carbocycles. The lowest BCUT2D eigenvalue weighted by Gasteiger charge is -2.54. The molecule has 170 valence electrons. The van der Waals surface area contributed by atoms with Crippen molar-refractivity contribution in [2.45, 2.75) is 81.4 Å². The first-order valence-electron chi connectivity index (χ1n) is 10.3. The average Bonchev–Trinajstić information content (AvgIpc) is 3.21. The number of aromatic nitrogens is 4. The minimum atomic E-state index is -2.72. The monoisotopic (exact) mass is 484 g/mol. The number of rotatable bonds is 2. The zero-order valence-electron chi connectivity index (χ0n) is 18.9. The van der Waals surface area contributed by atoms with Crippen molar-refractivity contribution in [2.75, 3.05) is 6.61 Å². The van der Waals surface area contributed by atoms with Gasteiger partial charge in [0.1, 0.15) is 23.3 Å². The van der Waals surface area contributed by atoms with E-state index in [0.29, 0.717) is 22.9 Å². The number of carbonyl (C=O) groups is 1. The van der Waals surface area contributed by atoms with Crippen LogP contribution in [0.4, 0.5) is 0 Å². The standard InChI is InChI=1S/C20H29ClN4O4SSi/c1-11(26)28-15-14-12(8-27-31(29-14,19(2,3)4)20(5,6)7)30-18(15)25-10-24-17-13(25)16(21)22-9-23-17/h9-10,12,14-15,18H,8H2,1-7H3/t12-,14-,15-,18-/m1/s1. The van der Waals surface area contributed by atoms with Gasteiger partial charge in [0.15, 0.2) is 16.9 Å². The molecule has 0 spiro atoms. The van der Waals surface area contributed by atoms with Gasteiger partial charge in [0.25, 0.3) is 0 Å². The molecule has 2 saturated heterocycles. The molecule has 11 heteroatoms. The van der Waals surface area contributed by atoms with E-state index in [-0.39, 0.29) is 32.8 Å². The van der Waals surface area contributed by atoms with Crippen molar-refractivity contribution in [1.29, 1.82) is 0 Å². The number of thioether (sulfide) groups is 1. The second kappa shape index (κ2) is 7.69. The van der Waals surface area contributed by atoms with Crippen LogP contribution in [0.3, 0.4) is 0 Å². The predicted octanol–water partition coefficient (Wildman–Crippen LogP) is 4.48. The van der Waals surface area contributed by atoms with E-state index in [1.54, 1.807) is 18.1 Å². The van der Waals surface area contributed by atoms with Gasteiger partial charge >= 0.3 is 14.5 Å². The van der Waals surface area contributed by atoms with Crippen molar-refractivity contribution in [2.24, 2.45) is 0 Å². The zero-order valence-corrected chi connectivity index (χ0v) is 21.5. The molecule has 0 amide bonds. The van der Waals surface area contributed by atoms with Crippen LogP contribution < -0.4 is 0 Å². The van der Waals surface area contributed by atoms with E-state index in [0.717, 1.165) is 0 Å². The molecule has 0 N–H and O–H groups in total. The van der Waals surface area contributed by atoms with Crippen LogP contribution in [0.5, 0.6) is 0 Å². The third-order valence-corrected chi connectivity index (χ3v) is 12.8. The van der Waals surface area contributed by atoms with E-state index in [4.69, 9.17) is 25.2 Å². The van der Waals surface area contributed by atoms with E-state index in [1.165, 1.54) is 13.3 Å². The van der Waals surface area contributed by atoms with Crippen molar-refractivity contribution in [3.8, 4) is 0 Å². The Labute approximate surface area is 192 Å². The van der Waals surface area contributed by atoms with Gasteiger partial charge in [-0.3, -0.25) is 4.79 Å². The SMILES string of the molecule is CC(=O)O[C@@H]1[C@@H]2O[Si](C(C)(C)C)(C(C)(C)C)OC[C@H]2S[C@H]1n1cnc2ncnc(Cl)c21. The molecule has 31 heavy (non-hydrogen) atoms. The molecule has 2 aromatic heterocycles. The normalized spacial score (nSPS) is 28.5. The van der Waals surface area contributed by atoms with Crippen LogP contribution >= 0.6 is 23.4 Å². The molecule has 0 aliphatic carbocycles. The van der Waals surface area contributed by atoms with Gasteiger partial charge in [-0.05, 0) is 0 Å². The lowest BCUT2D eigenvalue weighted by atomic mass is 10.1. The summed E-state index contributed by atoms with van der Waals surface area (Å²) in [7, 11) is -2.72. The van der Waals surface area contributed by atoms with E-state index in [2.05, 4.69) is 56.5 Å². The van der Waals surface area contributed by atoms with Crippen LogP contribution in [0.1, 0.15) is 53.8 Å². The fraction of sp³-hybridized carbons (Fsp3) is 0.700. The lowest BCUT2D eigenvalue weighted by Crippen LogP contribution is -2.65. The maximum absolute atomic E-state index is 12.1. The third-order valence-electron chi connectivity index (χ3n) is 5.91. The Hall–Kier alpha value is -1.20. The largest absolute Gasteiger partial charge is 0.457 e. The highest BCUT2D eigenvalue weighted by atomic mass is 35.5. The number of ether oxygens (including phenoxy) is 1. The van der Waals surface area contributed by atoms with Crippen molar-refractivity contribution < 1.29 is 18.4 Å². The Kier molecular flexibility index (Phi) is 5.70. The van der Waals surface area contributed by atoms with Crippen molar-refractivity contribution >= 4 is 49.1 Å². The van der Waals surface area contributed by atoms with Gasteiger partial charge in [-0.25, -0.2) is 15.0 Å². The molecule has 2 aromatic rings. The summed E-state index contributed by atoms with van der Waals surface area (Å²) in [6.07, 6.45) is 2.26. The fourth-order valence-corrected chi connectivity index (χ4v) is 11.9. The molecule has 0 saturated carbocycles. The van der Waals surface area contributed by atoms with Crippen LogP contribution in [-0.4, -0.2) is 58.1 Å². The summed E-state index contributed by atoms with van der Waals surface area (Å²) in [6, 6.07) is 0. The van der Waals surface area contributed by atoms with Crippen LogP contribution in [-0.2, 0) is 18.4 Å². The van der Waals surface area contributed by atoms with Gasteiger partial charge in [0.2, 0.25) is 0 Å². The van der Waals surface area contributed by atoms with Gasteiger partial charge in [-0.15, -0.1) is 11.8 Å². The minimum Gasteiger partial charge on any atom is -0.457 e. The molecule has 4 rings (SSSR count). The molecule has 2 aliphatic heterocycles. The highest BCUT2D eigenvalue weighted by Crippen LogP contribution is 2.58. The second-order valence-electron chi connectivity index (χ2n) is 10.1. The molecule has 2 aliphatic rings. The number of hydrogen-bond donors (Lipinski definition) is 0. The van der Waals surface area contributed by atoms with E-state index >= 15 is 0 Å². The maximum atomic E-state index is 12.1. The Morgan fingerprint density at radius 2 is 1.90 bits per heavy atom. The third kappa shape index (κ3) is 3.70. The van der Waals surface area contributed by atoms with Gasteiger partial charge in [-0.2, -0.15) is 0 Å². The highest BCUT2D eigenvalue weighted by molar-refractivity contribution is 8.00. The van der Waals surface area contributed by atoms with Gasteiger partial charge in [0, 0.05) is 17.0 Å². The summed E-state index contributed by atoms with van der Waals surface area (Å²) in [5, 5.41) is -0.289. The fourth-order valence-electron chi connectivity index (χ4n) is 4.90. The van der Waals surface area contributed by atoms with Gasteiger partial charge in [0.05, 0.1) is 18.2 Å². The molecule has 4 atom stereocenters. The van der Waals surface area contributed by atoms with Crippen LogP contribution in [0.15, 0.2) is 12.7 Å². The number of carbonyl (C=O) groups excluding carboxylic acids is 1. The van der Waals surface area contributed by atoms with Crippen molar-refractivity contribution in [3.05, 3.63) is 17.8 Å². The zero-order chi connectivity index (χ0) is 22.8. The number of halogens is 1. The Balaban J connectivity index is 1.78. The van der Waals surface area contributed by atoms with Gasteiger partial charge in [-0.1, -0.05) is 53.1 Å². The highest BCUT2D eigenvalue weighted by Gasteiger charge is 2.65. The summed E-state index contributed by atoms with van der Waals surface area (Å²) in [5.41, 5.74) is 1.12. The first kappa shape index (κ1) is 23.0. The Morgan fingerprint density at radius 1 is 1.23 bits per heavy atom. The molecule has 8 nitrogen and oxygen atoms in total. The summed E-state index contributed by atoms with van der Waals surface area (Å²) in [4.78, 5) is 24.8. The first-order valence-corrected chi connectivity index (χ1v) is 13.5. The van der Waals surface area contributed by atoms with Crippen molar-refractivity contribution in [3.63, 3.8) is 0 Å². The van der Waals surface area contributed by atoms with Crippen LogP contribution in [0.2, 0.25) is 15.2 Å². The average molecular weight is 485 g/mol. The smallest absolute Gasteiger partial charge is 0.349 e. The lowest BCUT2D eigenvalue weighted by molar-refractivity contribution is -0.154. The van der Waals surface area contributed by atoms with E-state index in [9.17, 15) is 4.79 Å². The molecule has 0 bridgehead atoms. The van der Waals surface area contributed by atoms with Crippen LogP contribution in [0, 0.1) is 0 Å². The molecule has 4 heterocycles. The maximum Gasteiger partial charge on any atom is 0.349 e. The van der Waals surface area contributed by atoms with Crippen molar-refractivity contribution in [1.82, 2.24) is 19.5 Å². The number of fused-ring (bicyclic) bond motifs is 2. The number of hydrogen-bond acceptors (Lipinski definition) is 8.